The SMILES string of the molecule is CCC(C)C(NC(=O)OC(C)(C)C)C(=O)Nc1ccc2oc(=O)[nH]c2c1. The van der Waals surface area contributed by atoms with Gasteiger partial charge in [0.2, 0.25) is 5.91 Å². The van der Waals surface area contributed by atoms with Gasteiger partial charge in [-0.25, -0.2) is 9.59 Å². The molecule has 2 unspecified atom stereocenters. The van der Waals surface area contributed by atoms with Crippen LogP contribution >= 0.6 is 0 Å². The highest BCUT2D eigenvalue weighted by Crippen LogP contribution is 2.18. The summed E-state index contributed by atoms with van der Waals surface area (Å²) in [5, 5.41) is 5.39. The van der Waals surface area contributed by atoms with Crippen LogP contribution in [0.4, 0.5) is 10.5 Å². The Morgan fingerprint density at radius 1 is 1.31 bits per heavy atom. The summed E-state index contributed by atoms with van der Waals surface area (Å²) in [5.41, 5.74) is 0.712. The van der Waals surface area contributed by atoms with Gasteiger partial charge >= 0.3 is 11.8 Å². The standard InChI is InChI=1S/C18H25N3O5/c1-6-10(2)14(21-17(24)26-18(3,4)5)15(22)19-11-7-8-13-12(9-11)20-16(23)25-13/h7-10,14H,6H2,1-5H3,(H,19,22)(H,20,23)(H,21,24). The van der Waals surface area contributed by atoms with Crippen LogP contribution in [0.15, 0.2) is 27.4 Å². The topological polar surface area (TPSA) is 113 Å². The maximum Gasteiger partial charge on any atom is 0.417 e. The summed E-state index contributed by atoms with van der Waals surface area (Å²) < 4.78 is 10.2. The number of rotatable bonds is 5. The molecule has 0 aliphatic carbocycles. The molecule has 26 heavy (non-hydrogen) atoms. The van der Waals surface area contributed by atoms with Crippen LogP contribution in [-0.2, 0) is 9.53 Å². The largest absolute Gasteiger partial charge is 0.444 e. The highest BCUT2D eigenvalue weighted by molar-refractivity contribution is 5.97. The van der Waals surface area contributed by atoms with Gasteiger partial charge in [-0.05, 0) is 44.9 Å². The first kappa shape index (κ1) is 19.6. The zero-order valence-corrected chi connectivity index (χ0v) is 15.6. The van der Waals surface area contributed by atoms with Crippen LogP contribution < -0.4 is 16.4 Å². The van der Waals surface area contributed by atoms with Crippen LogP contribution in [0.25, 0.3) is 11.1 Å². The number of carbonyl (C=O) groups is 2. The zero-order valence-electron chi connectivity index (χ0n) is 15.6. The minimum absolute atomic E-state index is 0.0972. The highest BCUT2D eigenvalue weighted by Gasteiger charge is 2.28. The number of anilines is 1. The molecule has 0 fully saturated rings. The molecular weight excluding hydrogens is 338 g/mol. The summed E-state index contributed by atoms with van der Waals surface area (Å²) in [6.07, 6.45) is 0.0506. The molecular formula is C18H25N3O5. The maximum absolute atomic E-state index is 12.7. The lowest BCUT2D eigenvalue weighted by Gasteiger charge is -2.26. The van der Waals surface area contributed by atoms with Gasteiger partial charge in [-0.3, -0.25) is 9.78 Å². The van der Waals surface area contributed by atoms with Gasteiger partial charge in [0.1, 0.15) is 11.6 Å². The first-order valence-electron chi connectivity index (χ1n) is 8.52. The lowest BCUT2D eigenvalue weighted by atomic mass is 9.98. The summed E-state index contributed by atoms with van der Waals surface area (Å²) in [5.74, 6) is -1.03. The number of benzene rings is 1. The molecule has 2 aromatic rings. The number of amides is 2. The Labute approximate surface area is 151 Å². The second-order valence-electron chi connectivity index (χ2n) is 7.22. The van der Waals surface area contributed by atoms with Crippen molar-refractivity contribution in [3.05, 3.63) is 28.7 Å². The van der Waals surface area contributed by atoms with Crippen molar-refractivity contribution in [2.24, 2.45) is 5.92 Å². The molecule has 0 aliphatic rings. The Hall–Kier alpha value is -2.77. The van der Waals surface area contributed by atoms with Crippen LogP contribution in [0.1, 0.15) is 41.0 Å². The van der Waals surface area contributed by atoms with Gasteiger partial charge in [0, 0.05) is 5.69 Å². The van der Waals surface area contributed by atoms with E-state index in [0.717, 1.165) is 0 Å². The Morgan fingerprint density at radius 2 is 2.00 bits per heavy atom. The molecule has 0 bridgehead atoms. The molecule has 8 heteroatoms. The molecule has 0 spiro atoms. The number of hydrogen-bond acceptors (Lipinski definition) is 5. The van der Waals surface area contributed by atoms with E-state index in [2.05, 4.69) is 15.6 Å². The molecule has 1 heterocycles. The van der Waals surface area contributed by atoms with Crippen molar-refractivity contribution in [2.45, 2.75) is 52.7 Å². The maximum atomic E-state index is 12.7. The molecule has 8 nitrogen and oxygen atoms in total. The van der Waals surface area contributed by atoms with Crippen molar-refractivity contribution in [3.63, 3.8) is 0 Å². The molecule has 0 saturated carbocycles. The molecule has 2 rings (SSSR count). The number of alkyl carbamates (subject to hydrolysis) is 1. The summed E-state index contributed by atoms with van der Waals surface area (Å²) in [4.78, 5) is 38.5. The van der Waals surface area contributed by atoms with Gasteiger partial charge in [-0.2, -0.15) is 0 Å². The number of aromatic nitrogens is 1. The third-order valence-electron chi connectivity index (χ3n) is 3.85. The van der Waals surface area contributed by atoms with E-state index in [1.165, 1.54) is 0 Å². The minimum Gasteiger partial charge on any atom is -0.444 e. The van der Waals surface area contributed by atoms with Crippen molar-refractivity contribution < 1.29 is 18.7 Å². The van der Waals surface area contributed by atoms with Gasteiger partial charge in [0.15, 0.2) is 5.58 Å². The van der Waals surface area contributed by atoms with Crippen LogP contribution in [0.3, 0.4) is 0 Å². The quantitative estimate of drug-likeness (QED) is 0.756. The summed E-state index contributed by atoms with van der Waals surface area (Å²) in [6.45, 7) is 9.08. The molecule has 2 atom stereocenters. The fourth-order valence-corrected chi connectivity index (χ4v) is 2.39. The second-order valence-corrected chi connectivity index (χ2v) is 7.22. The average molecular weight is 363 g/mol. The smallest absolute Gasteiger partial charge is 0.417 e. The fraction of sp³-hybridized carbons (Fsp3) is 0.500. The minimum atomic E-state index is -0.756. The van der Waals surface area contributed by atoms with Crippen LogP contribution in [-0.4, -0.2) is 28.6 Å². The van der Waals surface area contributed by atoms with E-state index in [4.69, 9.17) is 9.15 Å². The van der Waals surface area contributed by atoms with E-state index in [1.54, 1.807) is 39.0 Å². The predicted octanol–water partition coefficient (Wildman–Crippen LogP) is 3.00. The number of H-pyrrole nitrogens is 1. The highest BCUT2D eigenvalue weighted by atomic mass is 16.6. The fourth-order valence-electron chi connectivity index (χ4n) is 2.39. The summed E-state index contributed by atoms with van der Waals surface area (Å²) in [6, 6.07) is 4.05. The first-order chi connectivity index (χ1) is 12.1. The van der Waals surface area contributed by atoms with E-state index in [-0.39, 0.29) is 11.8 Å². The third kappa shape index (κ3) is 5.11. The van der Waals surface area contributed by atoms with Crippen molar-refractivity contribution in [1.82, 2.24) is 10.3 Å². The van der Waals surface area contributed by atoms with Crippen LogP contribution in [0.2, 0.25) is 0 Å². The van der Waals surface area contributed by atoms with Crippen molar-refractivity contribution in [2.75, 3.05) is 5.32 Å². The lowest BCUT2D eigenvalue weighted by Crippen LogP contribution is -2.49. The van der Waals surface area contributed by atoms with Crippen LogP contribution in [0.5, 0.6) is 0 Å². The van der Waals surface area contributed by atoms with Gasteiger partial charge < -0.3 is 19.8 Å². The molecule has 0 aliphatic heterocycles. The number of nitrogens with one attached hydrogen (secondary N) is 3. The average Bonchev–Trinajstić information content (AvgIpc) is 2.89. The Morgan fingerprint density at radius 3 is 2.62 bits per heavy atom. The second kappa shape index (κ2) is 7.63. The van der Waals surface area contributed by atoms with Crippen LogP contribution in [0, 0.1) is 5.92 Å². The number of ether oxygens (including phenoxy) is 1. The molecule has 2 amide bonds. The predicted molar refractivity (Wildman–Crippen MR) is 98.1 cm³/mol. The Balaban J connectivity index is 2.14. The van der Waals surface area contributed by atoms with Gasteiger partial charge in [-0.1, -0.05) is 20.3 Å². The monoisotopic (exact) mass is 363 g/mol. The number of carbonyl (C=O) groups excluding carboxylic acids is 2. The zero-order chi connectivity index (χ0) is 19.5. The van der Waals surface area contributed by atoms with E-state index in [0.29, 0.717) is 23.2 Å². The Kier molecular flexibility index (Phi) is 5.74. The van der Waals surface area contributed by atoms with E-state index in [1.807, 2.05) is 13.8 Å². The summed E-state index contributed by atoms with van der Waals surface area (Å²) in [7, 11) is 0. The first-order valence-corrected chi connectivity index (χ1v) is 8.52. The number of hydrogen-bond donors (Lipinski definition) is 3. The molecule has 1 aromatic heterocycles. The van der Waals surface area contributed by atoms with Crippen molar-refractivity contribution >= 4 is 28.8 Å². The number of oxazole rings is 1. The van der Waals surface area contributed by atoms with E-state index >= 15 is 0 Å². The molecule has 0 saturated heterocycles. The van der Waals surface area contributed by atoms with Gasteiger partial charge in [-0.15, -0.1) is 0 Å². The molecule has 3 N–H and O–H groups in total. The molecule has 142 valence electrons. The number of fused-ring (bicyclic) bond motifs is 1. The van der Waals surface area contributed by atoms with Crippen molar-refractivity contribution in [1.29, 1.82) is 0 Å². The van der Waals surface area contributed by atoms with Crippen molar-refractivity contribution in [3.8, 4) is 0 Å². The lowest BCUT2D eigenvalue weighted by molar-refractivity contribution is -0.119. The summed E-state index contributed by atoms with van der Waals surface area (Å²) >= 11 is 0. The Bertz CT molecular complexity index is 846. The number of aromatic amines is 1. The van der Waals surface area contributed by atoms with E-state index in [9.17, 15) is 14.4 Å². The molecule has 1 aromatic carbocycles. The normalized spacial score (nSPS) is 13.9. The van der Waals surface area contributed by atoms with E-state index < -0.39 is 23.5 Å². The third-order valence-corrected chi connectivity index (χ3v) is 3.85. The van der Waals surface area contributed by atoms with Gasteiger partial charge in [0.25, 0.3) is 0 Å². The van der Waals surface area contributed by atoms with Gasteiger partial charge in [0.05, 0.1) is 5.52 Å². The molecule has 0 radical (unpaired) electrons.